The van der Waals surface area contributed by atoms with E-state index in [1.165, 1.54) is 11.6 Å². The Hall–Kier alpha value is -1.16. The summed E-state index contributed by atoms with van der Waals surface area (Å²) in [6.45, 7) is 2.01. The van der Waals surface area contributed by atoms with Crippen LogP contribution in [0.1, 0.15) is 12.6 Å². The Labute approximate surface area is 105 Å². The van der Waals surface area contributed by atoms with Crippen LogP contribution in [0.15, 0.2) is 4.90 Å². The van der Waals surface area contributed by atoms with Crippen LogP contribution in [0.2, 0.25) is 0 Å². The van der Waals surface area contributed by atoms with Crippen LogP contribution in [-0.2, 0) is 17.1 Å². The van der Waals surface area contributed by atoms with Gasteiger partial charge in [-0.25, -0.2) is 13.1 Å². The third kappa shape index (κ3) is 2.99. The maximum absolute atomic E-state index is 12.0. The molecule has 1 aromatic heterocycles. The van der Waals surface area contributed by atoms with Gasteiger partial charge in [-0.05, 0) is 13.8 Å². The number of nitrogens with two attached hydrogens (primary N) is 1. The minimum absolute atomic E-state index is 0.105. The quantitative estimate of drug-likeness (QED) is 0.509. The average molecular weight is 278 g/mol. The van der Waals surface area contributed by atoms with Crippen LogP contribution in [0.5, 0.6) is 0 Å². The van der Waals surface area contributed by atoms with Crippen molar-refractivity contribution in [2.24, 2.45) is 7.05 Å². The van der Waals surface area contributed by atoms with Crippen molar-refractivity contribution in [3.8, 4) is 0 Å². The lowest BCUT2D eigenvalue weighted by molar-refractivity contribution is 0.00681. The highest BCUT2D eigenvalue weighted by molar-refractivity contribution is 7.89. The number of aliphatic hydroxyl groups is 2. The highest BCUT2D eigenvalue weighted by Crippen LogP contribution is 2.21. The Morgan fingerprint density at radius 1 is 1.56 bits per heavy atom. The largest absolute Gasteiger partial charge is 0.393 e. The fraction of sp³-hybridized carbons (Fsp3) is 0.667. The zero-order valence-corrected chi connectivity index (χ0v) is 11.3. The molecule has 0 aliphatic rings. The van der Waals surface area contributed by atoms with Gasteiger partial charge in [0.05, 0.1) is 17.9 Å². The molecule has 5 N–H and O–H groups in total. The number of hydrogen-bond donors (Lipinski definition) is 4. The normalized spacial score (nSPS) is 15.6. The molecule has 8 nitrogen and oxygen atoms in total. The summed E-state index contributed by atoms with van der Waals surface area (Å²) < 4.78 is 27.6. The molecule has 18 heavy (non-hydrogen) atoms. The van der Waals surface area contributed by atoms with Crippen molar-refractivity contribution in [3.63, 3.8) is 0 Å². The van der Waals surface area contributed by atoms with Crippen molar-refractivity contribution >= 4 is 15.8 Å². The molecule has 1 aromatic rings. The lowest BCUT2D eigenvalue weighted by Crippen LogP contribution is -2.43. The molecule has 0 aliphatic heterocycles. The van der Waals surface area contributed by atoms with Crippen LogP contribution >= 0.6 is 0 Å². The number of nitrogens with one attached hydrogen (secondary N) is 1. The number of sulfonamides is 1. The first-order chi connectivity index (χ1) is 8.10. The predicted molar refractivity (Wildman–Crippen MR) is 65.3 cm³/mol. The van der Waals surface area contributed by atoms with Crippen LogP contribution < -0.4 is 10.5 Å². The standard InChI is InChI=1S/C9H18N4O4S/c1-6-7(8(10)12-13(6)3)18(16,17)11-4-9(2,15)5-14/h11,14-15H,4-5H2,1-3H3,(H2,10,12). The zero-order chi connectivity index (χ0) is 14.1. The Morgan fingerprint density at radius 2 is 2.11 bits per heavy atom. The summed E-state index contributed by atoms with van der Waals surface area (Å²) in [5.74, 6) is -0.105. The first kappa shape index (κ1) is 14.9. The van der Waals surface area contributed by atoms with Gasteiger partial charge in [0, 0.05) is 13.6 Å². The van der Waals surface area contributed by atoms with E-state index in [-0.39, 0.29) is 17.3 Å². The lowest BCUT2D eigenvalue weighted by Gasteiger charge is -2.20. The number of rotatable bonds is 5. The molecule has 0 saturated heterocycles. The van der Waals surface area contributed by atoms with E-state index >= 15 is 0 Å². The number of anilines is 1. The Bertz CT molecular complexity index is 535. The van der Waals surface area contributed by atoms with Crippen molar-refractivity contribution in [2.75, 3.05) is 18.9 Å². The second-order valence-electron chi connectivity index (χ2n) is 4.40. The molecule has 1 rings (SSSR count). The monoisotopic (exact) mass is 278 g/mol. The fourth-order valence-corrected chi connectivity index (χ4v) is 2.81. The number of hydrogen-bond acceptors (Lipinski definition) is 6. The molecule has 0 bridgehead atoms. The molecule has 0 radical (unpaired) electrons. The summed E-state index contributed by atoms with van der Waals surface area (Å²) in [6, 6.07) is 0. The van der Waals surface area contributed by atoms with E-state index in [4.69, 9.17) is 10.8 Å². The van der Waals surface area contributed by atoms with E-state index in [1.54, 1.807) is 14.0 Å². The highest BCUT2D eigenvalue weighted by atomic mass is 32.2. The van der Waals surface area contributed by atoms with Gasteiger partial charge in [0.15, 0.2) is 5.82 Å². The first-order valence-corrected chi connectivity index (χ1v) is 6.71. The Morgan fingerprint density at radius 3 is 2.50 bits per heavy atom. The van der Waals surface area contributed by atoms with Crippen LogP contribution in [-0.4, -0.2) is 47.2 Å². The number of nitrogen functional groups attached to an aromatic ring is 1. The van der Waals surface area contributed by atoms with Crippen molar-refractivity contribution < 1.29 is 18.6 Å². The molecule has 0 amide bonds. The van der Waals surface area contributed by atoms with Gasteiger partial charge in [-0.15, -0.1) is 0 Å². The molecule has 9 heteroatoms. The summed E-state index contributed by atoms with van der Waals surface area (Å²) in [6.07, 6.45) is 0. The SMILES string of the molecule is Cc1c(S(=O)(=O)NCC(C)(O)CO)c(N)nn1C. The van der Waals surface area contributed by atoms with E-state index in [0.717, 1.165) is 0 Å². The van der Waals surface area contributed by atoms with Gasteiger partial charge in [0.25, 0.3) is 0 Å². The topological polar surface area (TPSA) is 130 Å². The van der Waals surface area contributed by atoms with Gasteiger partial charge in [0.2, 0.25) is 10.0 Å². The minimum atomic E-state index is -3.87. The van der Waals surface area contributed by atoms with Crippen LogP contribution in [0.3, 0.4) is 0 Å². The summed E-state index contributed by atoms with van der Waals surface area (Å²) in [5, 5.41) is 22.2. The maximum atomic E-state index is 12.0. The second kappa shape index (κ2) is 4.84. The molecule has 0 fully saturated rings. The minimum Gasteiger partial charge on any atom is -0.393 e. The van der Waals surface area contributed by atoms with E-state index in [2.05, 4.69) is 9.82 Å². The Balaban J connectivity index is 3.01. The average Bonchev–Trinajstić information content (AvgIpc) is 2.51. The van der Waals surface area contributed by atoms with Crippen molar-refractivity contribution in [1.82, 2.24) is 14.5 Å². The molecule has 0 aliphatic carbocycles. The molecular weight excluding hydrogens is 260 g/mol. The molecule has 0 aromatic carbocycles. The van der Waals surface area contributed by atoms with Gasteiger partial charge in [-0.3, -0.25) is 4.68 Å². The van der Waals surface area contributed by atoms with E-state index in [0.29, 0.717) is 5.69 Å². The van der Waals surface area contributed by atoms with Gasteiger partial charge < -0.3 is 15.9 Å². The fourth-order valence-electron chi connectivity index (χ4n) is 1.32. The van der Waals surface area contributed by atoms with E-state index in [9.17, 15) is 13.5 Å². The molecule has 1 unspecified atom stereocenters. The number of aliphatic hydroxyl groups excluding tert-OH is 1. The van der Waals surface area contributed by atoms with Crippen LogP contribution in [0, 0.1) is 6.92 Å². The van der Waals surface area contributed by atoms with Crippen LogP contribution in [0.4, 0.5) is 5.82 Å². The van der Waals surface area contributed by atoms with Gasteiger partial charge >= 0.3 is 0 Å². The molecular formula is C9H18N4O4S. The summed E-state index contributed by atoms with van der Waals surface area (Å²) >= 11 is 0. The summed E-state index contributed by atoms with van der Waals surface area (Å²) in [7, 11) is -2.30. The highest BCUT2D eigenvalue weighted by Gasteiger charge is 2.28. The van der Waals surface area contributed by atoms with Gasteiger partial charge in [-0.2, -0.15) is 5.10 Å². The Kier molecular flexibility index (Phi) is 4.01. The van der Waals surface area contributed by atoms with Crippen molar-refractivity contribution in [2.45, 2.75) is 24.3 Å². The van der Waals surface area contributed by atoms with E-state index < -0.39 is 22.2 Å². The zero-order valence-electron chi connectivity index (χ0n) is 10.5. The summed E-state index contributed by atoms with van der Waals surface area (Å²) in [4.78, 5) is -0.112. The van der Waals surface area contributed by atoms with Crippen LogP contribution in [0.25, 0.3) is 0 Å². The number of aryl methyl sites for hydroxylation is 1. The molecule has 0 spiro atoms. The second-order valence-corrected chi connectivity index (χ2v) is 6.11. The third-order valence-corrected chi connectivity index (χ3v) is 4.12. The molecule has 1 heterocycles. The van der Waals surface area contributed by atoms with Gasteiger partial charge in [0.1, 0.15) is 4.90 Å². The molecule has 1 atom stereocenters. The smallest absolute Gasteiger partial charge is 0.246 e. The number of aromatic nitrogens is 2. The number of nitrogens with zero attached hydrogens (tertiary/aromatic N) is 2. The predicted octanol–water partition coefficient (Wildman–Crippen LogP) is -1.67. The van der Waals surface area contributed by atoms with Crippen molar-refractivity contribution in [3.05, 3.63) is 5.69 Å². The third-order valence-electron chi connectivity index (χ3n) is 2.56. The lowest BCUT2D eigenvalue weighted by atomic mass is 10.1. The first-order valence-electron chi connectivity index (χ1n) is 5.23. The van der Waals surface area contributed by atoms with E-state index in [1.807, 2.05) is 0 Å². The molecule has 104 valence electrons. The molecule has 0 saturated carbocycles. The summed E-state index contributed by atoms with van der Waals surface area (Å²) in [5.41, 5.74) is 4.40. The maximum Gasteiger partial charge on any atom is 0.246 e. The van der Waals surface area contributed by atoms with Gasteiger partial charge in [-0.1, -0.05) is 0 Å². The van der Waals surface area contributed by atoms with Crippen molar-refractivity contribution in [1.29, 1.82) is 0 Å².